The van der Waals surface area contributed by atoms with Crippen LogP contribution in [0.25, 0.3) is 0 Å². The molecule has 0 spiro atoms. The standard InChI is InChI=1S/C14H24N2O5/c1-4-7-15(9-11(17)21-5-2)14(20)16-8-6-10(3)12(16)13(18)19/h10,12H,4-9H2,1-3H3,(H,18,19). The van der Waals surface area contributed by atoms with Crippen LogP contribution in [0.1, 0.15) is 33.6 Å². The lowest BCUT2D eigenvalue weighted by Crippen LogP contribution is -2.50. The van der Waals surface area contributed by atoms with E-state index in [-0.39, 0.29) is 19.1 Å². The maximum absolute atomic E-state index is 12.5. The minimum atomic E-state index is -0.999. The van der Waals surface area contributed by atoms with Crippen LogP contribution in [0.15, 0.2) is 0 Å². The summed E-state index contributed by atoms with van der Waals surface area (Å²) in [6.45, 7) is 6.33. The zero-order valence-corrected chi connectivity index (χ0v) is 12.9. The quantitative estimate of drug-likeness (QED) is 0.744. The van der Waals surface area contributed by atoms with Crippen molar-refractivity contribution < 1.29 is 24.2 Å². The molecule has 1 fully saturated rings. The fourth-order valence-corrected chi connectivity index (χ4v) is 2.59. The molecule has 1 N–H and O–H groups in total. The molecule has 1 aliphatic heterocycles. The van der Waals surface area contributed by atoms with Gasteiger partial charge in [-0.1, -0.05) is 13.8 Å². The first-order valence-corrected chi connectivity index (χ1v) is 7.36. The van der Waals surface area contributed by atoms with Crippen molar-refractivity contribution in [1.29, 1.82) is 0 Å². The van der Waals surface area contributed by atoms with Crippen LogP contribution < -0.4 is 0 Å². The van der Waals surface area contributed by atoms with Gasteiger partial charge in [-0.25, -0.2) is 9.59 Å². The van der Waals surface area contributed by atoms with Gasteiger partial charge in [0.15, 0.2) is 0 Å². The van der Waals surface area contributed by atoms with Gasteiger partial charge < -0.3 is 19.6 Å². The van der Waals surface area contributed by atoms with Crippen LogP contribution >= 0.6 is 0 Å². The number of esters is 1. The summed E-state index contributed by atoms with van der Waals surface area (Å²) >= 11 is 0. The topological polar surface area (TPSA) is 87.2 Å². The molecule has 7 heteroatoms. The first-order chi connectivity index (χ1) is 9.92. The summed E-state index contributed by atoms with van der Waals surface area (Å²) in [7, 11) is 0. The third kappa shape index (κ3) is 4.34. The summed E-state index contributed by atoms with van der Waals surface area (Å²) in [4.78, 5) is 38.1. The molecule has 21 heavy (non-hydrogen) atoms. The van der Waals surface area contributed by atoms with Gasteiger partial charge in [0.25, 0.3) is 0 Å². The molecule has 2 atom stereocenters. The van der Waals surface area contributed by atoms with Gasteiger partial charge in [0.1, 0.15) is 12.6 Å². The number of carboxylic acid groups (broad SMARTS) is 1. The molecule has 0 aliphatic carbocycles. The molecule has 0 bridgehead atoms. The molecule has 7 nitrogen and oxygen atoms in total. The van der Waals surface area contributed by atoms with Gasteiger partial charge in [0.2, 0.25) is 0 Å². The molecule has 0 aromatic carbocycles. The van der Waals surface area contributed by atoms with E-state index in [2.05, 4.69) is 0 Å². The lowest BCUT2D eigenvalue weighted by Gasteiger charge is -2.30. The van der Waals surface area contributed by atoms with Crippen LogP contribution in [-0.2, 0) is 14.3 Å². The number of hydrogen-bond acceptors (Lipinski definition) is 4. The first kappa shape index (κ1) is 17.3. The monoisotopic (exact) mass is 300 g/mol. The highest BCUT2D eigenvalue weighted by Crippen LogP contribution is 2.25. The van der Waals surface area contributed by atoms with Crippen LogP contribution in [0.5, 0.6) is 0 Å². The van der Waals surface area contributed by atoms with Gasteiger partial charge >= 0.3 is 18.0 Å². The van der Waals surface area contributed by atoms with Gasteiger partial charge in [-0.15, -0.1) is 0 Å². The summed E-state index contributed by atoms with van der Waals surface area (Å²) in [5, 5.41) is 9.28. The maximum Gasteiger partial charge on any atom is 0.326 e. The highest BCUT2D eigenvalue weighted by atomic mass is 16.5. The third-order valence-corrected chi connectivity index (χ3v) is 3.59. The fourth-order valence-electron chi connectivity index (χ4n) is 2.59. The number of carbonyl (C=O) groups is 3. The molecular weight excluding hydrogens is 276 g/mol. The number of ether oxygens (including phenoxy) is 1. The van der Waals surface area contributed by atoms with Crippen LogP contribution in [0.3, 0.4) is 0 Å². The predicted octanol–water partition coefficient (Wildman–Crippen LogP) is 1.18. The Morgan fingerprint density at radius 1 is 1.33 bits per heavy atom. The Hall–Kier alpha value is -1.79. The van der Waals surface area contributed by atoms with E-state index < -0.39 is 24.0 Å². The fraction of sp³-hybridized carbons (Fsp3) is 0.786. The Balaban J connectivity index is 2.80. The van der Waals surface area contributed by atoms with Crippen molar-refractivity contribution in [3.8, 4) is 0 Å². The average Bonchev–Trinajstić information content (AvgIpc) is 2.79. The summed E-state index contributed by atoms with van der Waals surface area (Å²) in [5.41, 5.74) is 0. The highest BCUT2D eigenvalue weighted by Gasteiger charge is 2.41. The maximum atomic E-state index is 12.5. The summed E-state index contributed by atoms with van der Waals surface area (Å²) < 4.78 is 4.86. The molecule has 1 saturated heterocycles. The van der Waals surface area contributed by atoms with Gasteiger partial charge in [0.05, 0.1) is 6.61 Å². The number of carbonyl (C=O) groups excluding carboxylic acids is 2. The summed E-state index contributed by atoms with van der Waals surface area (Å²) in [5.74, 6) is -1.56. The molecule has 1 aliphatic rings. The predicted molar refractivity (Wildman–Crippen MR) is 75.8 cm³/mol. The van der Waals surface area contributed by atoms with E-state index in [1.165, 1.54) is 9.80 Å². The van der Waals surface area contributed by atoms with Crippen molar-refractivity contribution in [3.63, 3.8) is 0 Å². The molecule has 0 aromatic rings. The Labute approximate surface area is 124 Å². The lowest BCUT2D eigenvalue weighted by molar-refractivity contribution is -0.143. The highest BCUT2D eigenvalue weighted by molar-refractivity contribution is 5.86. The molecule has 2 unspecified atom stereocenters. The van der Waals surface area contributed by atoms with Crippen LogP contribution in [0.2, 0.25) is 0 Å². The molecule has 0 aromatic heterocycles. The number of hydrogen-bond donors (Lipinski definition) is 1. The molecule has 0 saturated carbocycles. The SMILES string of the molecule is CCCN(CC(=O)OCC)C(=O)N1CCC(C)C1C(=O)O. The first-order valence-electron chi connectivity index (χ1n) is 7.36. The average molecular weight is 300 g/mol. The van der Waals surface area contributed by atoms with E-state index in [9.17, 15) is 19.5 Å². The zero-order chi connectivity index (χ0) is 16.0. The van der Waals surface area contributed by atoms with Crippen molar-refractivity contribution in [1.82, 2.24) is 9.80 Å². The van der Waals surface area contributed by atoms with E-state index in [0.29, 0.717) is 25.9 Å². The molecule has 1 heterocycles. The van der Waals surface area contributed by atoms with Gasteiger partial charge in [0, 0.05) is 13.1 Å². The molecule has 120 valence electrons. The second kappa shape index (κ2) is 7.85. The Kier molecular flexibility index (Phi) is 6.45. The summed E-state index contributed by atoms with van der Waals surface area (Å²) in [6.07, 6.45) is 1.34. The van der Waals surface area contributed by atoms with Crippen molar-refractivity contribution in [2.24, 2.45) is 5.92 Å². The van der Waals surface area contributed by atoms with Crippen LogP contribution in [0, 0.1) is 5.92 Å². The second-order valence-electron chi connectivity index (χ2n) is 5.25. The number of nitrogens with zero attached hydrogens (tertiary/aromatic N) is 2. The number of amides is 2. The number of urea groups is 1. The van der Waals surface area contributed by atoms with Crippen molar-refractivity contribution in [3.05, 3.63) is 0 Å². The third-order valence-electron chi connectivity index (χ3n) is 3.59. The molecule has 1 rings (SSSR count). The van der Waals surface area contributed by atoms with Gasteiger partial charge in [-0.3, -0.25) is 4.79 Å². The van der Waals surface area contributed by atoms with E-state index in [4.69, 9.17) is 4.74 Å². The minimum Gasteiger partial charge on any atom is -0.480 e. The molecule has 0 radical (unpaired) electrons. The number of aliphatic carboxylic acids is 1. The van der Waals surface area contributed by atoms with E-state index in [0.717, 1.165) is 0 Å². The normalized spacial score (nSPS) is 21.2. The van der Waals surface area contributed by atoms with Crippen molar-refractivity contribution >= 4 is 18.0 Å². The van der Waals surface area contributed by atoms with E-state index >= 15 is 0 Å². The van der Waals surface area contributed by atoms with Gasteiger partial charge in [-0.2, -0.15) is 0 Å². The lowest BCUT2D eigenvalue weighted by atomic mass is 10.0. The minimum absolute atomic E-state index is 0.0856. The van der Waals surface area contributed by atoms with Crippen molar-refractivity contribution in [2.75, 3.05) is 26.2 Å². The number of rotatable bonds is 6. The van der Waals surface area contributed by atoms with Crippen LogP contribution in [-0.4, -0.2) is 65.2 Å². The second-order valence-corrected chi connectivity index (χ2v) is 5.25. The summed E-state index contributed by atoms with van der Waals surface area (Å²) in [6, 6.07) is -1.22. The largest absolute Gasteiger partial charge is 0.480 e. The van der Waals surface area contributed by atoms with E-state index in [1.807, 2.05) is 13.8 Å². The van der Waals surface area contributed by atoms with Crippen molar-refractivity contribution in [2.45, 2.75) is 39.7 Å². The number of carboxylic acids is 1. The number of likely N-dealkylation sites (tertiary alicyclic amines) is 1. The Morgan fingerprint density at radius 3 is 2.52 bits per heavy atom. The Morgan fingerprint density at radius 2 is 2.00 bits per heavy atom. The smallest absolute Gasteiger partial charge is 0.326 e. The van der Waals surface area contributed by atoms with E-state index in [1.54, 1.807) is 6.92 Å². The molecule has 2 amide bonds. The van der Waals surface area contributed by atoms with Gasteiger partial charge in [-0.05, 0) is 25.7 Å². The van der Waals surface area contributed by atoms with Crippen LogP contribution in [0.4, 0.5) is 4.79 Å². The molecular formula is C14H24N2O5. The Bertz CT molecular complexity index is 399. The zero-order valence-electron chi connectivity index (χ0n) is 12.9.